The van der Waals surface area contributed by atoms with Crippen molar-refractivity contribution in [2.24, 2.45) is 0 Å². The van der Waals surface area contributed by atoms with Crippen molar-refractivity contribution < 1.29 is 18.7 Å². The highest BCUT2D eigenvalue weighted by Gasteiger charge is 2.22. The molecule has 3 rings (SSSR count). The summed E-state index contributed by atoms with van der Waals surface area (Å²) in [5.74, 6) is -0.817. The monoisotopic (exact) mass is 278 g/mol. The van der Waals surface area contributed by atoms with E-state index in [1.807, 2.05) is 0 Å². The Kier molecular flexibility index (Phi) is 3.42. The van der Waals surface area contributed by atoms with Crippen LogP contribution in [0.1, 0.15) is 26.4 Å². The van der Waals surface area contributed by atoms with E-state index in [1.54, 1.807) is 24.3 Å². The molecule has 0 radical (unpaired) electrons. The SMILES string of the molecule is O=C(c1ccc(C2OCCO2)s1)c1ccccc1F. The van der Waals surface area contributed by atoms with Crippen LogP contribution in [0.25, 0.3) is 0 Å². The standard InChI is InChI=1S/C14H11FO3S/c15-10-4-2-1-3-9(10)13(16)11-5-6-12(19-11)14-17-7-8-18-14/h1-6,14H,7-8H2. The van der Waals surface area contributed by atoms with E-state index in [9.17, 15) is 9.18 Å². The van der Waals surface area contributed by atoms with Crippen LogP contribution in [-0.2, 0) is 9.47 Å². The maximum absolute atomic E-state index is 13.6. The highest BCUT2D eigenvalue weighted by molar-refractivity contribution is 7.14. The van der Waals surface area contributed by atoms with Crippen LogP contribution in [0.2, 0.25) is 0 Å². The zero-order valence-corrected chi connectivity index (χ0v) is 10.8. The average molecular weight is 278 g/mol. The van der Waals surface area contributed by atoms with Crippen molar-refractivity contribution in [1.82, 2.24) is 0 Å². The first kappa shape index (κ1) is 12.5. The summed E-state index contributed by atoms with van der Waals surface area (Å²) in [5.41, 5.74) is 0.0872. The second-order valence-corrected chi connectivity index (χ2v) is 5.20. The van der Waals surface area contributed by atoms with E-state index >= 15 is 0 Å². The van der Waals surface area contributed by atoms with Gasteiger partial charge in [0.15, 0.2) is 6.29 Å². The smallest absolute Gasteiger partial charge is 0.205 e. The predicted molar refractivity (Wildman–Crippen MR) is 68.8 cm³/mol. The minimum absolute atomic E-state index is 0.0872. The highest BCUT2D eigenvalue weighted by atomic mass is 32.1. The second-order valence-electron chi connectivity index (χ2n) is 4.08. The molecule has 1 fully saturated rings. The van der Waals surface area contributed by atoms with Crippen molar-refractivity contribution in [2.45, 2.75) is 6.29 Å². The number of thiophene rings is 1. The number of ketones is 1. The lowest BCUT2D eigenvalue weighted by Crippen LogP contribution is -2.01. The fourth-order valence-corrected chi connectivity index (χ4v) is 2.86. The van der Waals surface area contributed by atoms with Gasteiger partial charge in [0.05, 0.1) is 28.5 Å². The lowest BCUT2D eigenvalue weighted by molar-refractivity contribution is -0.0413. The van der Waals surface area contributed by atoms with Gasteiger partial charge in [-0.25, -0.2) is 4.39 Å². The Hall–Kier alpha value is -1.56. The molecule has 2 aromatic rings. The van der Waals surface area contributed by atoms with Gasteiger partial charge in [-0.3, -0.25) is 4.79 Å². The van der Waals surface area contributed by atoms with E-state index in [0.29, 0.717) is 18.1 Å². The number of carbonyl (C=O) groups excluding carboxylic acids is 1. The van der Waals surface area contributed by atoms with Gasteiger partial charge in [-0.1, -0.05) is 12.1 Å². The molecule has 19 heavy (non-hydrogen) atoms. The molecule has 0 bridgehead atoms. The van der Waals surface area contributed by atoms with E-state index in [2.05, 4.69) is 0 Å². The van der Waals surface area contributed by atoms with Crippen LogP contribution in [0.5, 0.6) is 0 Å². The van der Waals surface area contributed by atoms with Crippen molar-refractivity contribution in [3.05, 3.63) is 57.5 Å². The van der Waals surface area contributed by atoms with Crippen LogP contribution in [0.3, 0.4) is 0 Å². The van der Waals surface area contributed by atoms with Crippen LogP contribution >= 0.6 is 11.3 Å². The molecule has 3 nitrogen and oxygen atoms in total. The van der Waals surface area contributed by atoms with Crippen LogP contribution in [-0.4, -0.2) is 19.0 Å². The van der Waals surface area contributed by atoms with E-state index in [-0.39, 0.29) is 11.3 Å². The summed E-state index contributed by atoms with van der Waals surface area (Å²) in [6.45, 7) is 1.11. The van der Waals surface area contributed by atoms with Gasteiger partial charge in [-0.05, 0) is 24.3 Å². The maximum atomic E-state index is 13.6. The first-order valence-electron chi connectivity index (χ1n) is 5.88. The average Bonchev–Trinajstić information content (AvgIpc) is 3.09. The van der Waals surface area contributed by atoms with Gasteiger partial charge in [0.2, 0.25) is 5.78 Å². The third-order valence-corrected chi connectivity index (χ3v) is 3.93. The first-order valence-corrected chi connectivity index (χ1v) is 6.69. The van der Waals surface area contributed by atoms with Crippen molar-refractivity contribution >= 4 is 17.1 Å². The van der Waals surface area contributed by atoms with Crippen molar-refractivity contribution in [3.63, 3.8) is 0 Å². The molecule has 1 aromatic carbocycles. The number of hydrogen-bond acceptors (Lipinski definition) is 4. The topological polar surface area (TPSA) is 35.5 Å². The number of benzene rings is 1. The number of hydrogen-bond donors (Lipinski definition) is 0. The molecule has 1 aromatic heterocycles. The molecule has 0 N–H and O–H groups in total. The van der Waals surface area contributed by atoms with Crippen LogP contribution in [0, 0.1) is 5.82 Å². The molecule has 1 aliphatic heterocycles. The van der Waals surface area contributed by atoms with E-state index in [4.69, 9.17) is 9.47 Å². The molecule has 5 heteroatoms. The fraction of sp³-hybridized carbons (Fsp3) is 0.214. The molecule has 1 saturated heterocycles. The Morgan fingerprint density at radius 1 is 1.16 bits per heavy atom. The normalized spacial score (nSPS) is 15.8. The molecule has 98 valence electrons. The number of carbonyl (C=O) groups is 1. The Bertz CT molecular complexity index is 602. The summed E-state index contributed by atoms with van der Waals surface area (Å²) >= 11 is 1.28. The summed E-state index contributed by atoms with van der Waals surface area (Å²) in [5, 5.41) is 0. The van der Waals surface area contributed by atoms with Gasteiger partial charge < -0.3 is 9.47 Å². The first-order chi connectivity index (χ1) is 9.25. The third-order valence-electron chi connectivity index (χ3n) is 2.82. The lowest BCUT2D eigenvalue weighted by Gasteiger charge is -2.04. The molecule has 0 aliphatic carbocycles. The number of halogens is 1. The minimum atomic E-state index is -0.504. The maximum Gasteiger partial charge on any atom is 0.205 e. The van der Waals surface area contributed by atoms with Gasteiger partial charge in [0.25, 0.3) is 0 Å². The summed E-state index contributed by atoms with van der Waals surface area (Å²) in [6, 6.07) is 9.44. The zero-order valence-electron chi connectivity index (χ0n) is 9.97. The fourth-order valence-electron chi connectivity index (χ4n) is 1.90. The summed E-state index contributed by atoms with van der Waals surface area (Å²) in [7, 11) is 0. The Morgan fingerprint density at radius 3 is 2.63 bits per heavy atom. The molecule has 0 atom stereocenters. The van der Waals surface area contributed by atoms with E-state index < -0.39 is 12.1 Å². The Morgan fingerprint density at radius 2 is 1.89 bits per heavy atom. The molecule has 2 heterocycles. The third kappa shape index (κ3) is 2.45. The molecule has 1 aliphatic rings. The van der Waals surface area contributed by atoms with Gasteiger partial charge in [-0.2, -0.15) is 0 Å². The van der Waals surface area contributed by atoms with Crippen molar-refractivity contribution in [2.75, 3.05) is 13.2 Å². The molecule has 0 unspecified atom stereocenters. The van der Waals surface area contributed by atoms with Gasteiger partial charge in [0, 0.05) is 0 Å². The highest BCUT2D eigenvalue weighted by Crippen LogP contribution is 2.30. The molecular formula is C14H11FO3S. The molecule has 0 amide bonds. The largest absolute Gasteiger partial charge is 0.345 e. The van der Waals surface area contributed by atoms with Crippen molar-refractivity contribution in [1.29, 1.82) is 0 Å². The quantitative estimate of drug-likeness (QED) is 0.809. The predicted octanol–water partition coefficient (Wildman–Crippen LogP) is 3.16. The second kappa shape index (κ2) is 5.21. The van der Waals surface area contributed by atoms with E-state index in [1.165, 1.54) is 23.5 Å². The van der Waals surface area contributed by atoms with E-state index in [0.717, 1.165) is 4.88 Å². The van der Waals surface area contributed by atoms with Crippen LogP contribution < -0.4 is 0 Å². The van der Waals surface area contributed by atoms with Gasteiger partial charge in [0.1, 0.15) is 5.82 Å². The van der Waals surface area contributed by atoms with Crippen LogP contribution in [0.4, 0.5) is 4.39 Å². The van der Waals surface area contributed by atoms with Crippen LogP contribution in [0.15, 0.2) is 36.4 Å². The lowest BCUT2D eigenvalue weighted by atomic mass is 10.1. The summed E-state index contributed by atoms with van der Waals surface area (Å²) in [6.07, 6.45) is -0.396. The van der Waals surface area contributed by atoms with Crippen molar-refractivity contribution in [3.8, 4) is 0 Å². The zero-order chi connectivity index (χ0) is 13.2. The Labute approximate surface area is 113 Å². The molecule has 0 saturated carbocycles. The van der Waals surface area contributed by atoms with Gasteiger partial charge in [-0.15, -0.1) is 11.3 Å². The van der Waals surface area contributed by atoms with Gasteiger partial charge >= 0.3 is 0 Å². The number of rotatable bonds is 3. The summed E-state index contributed by atoms with van der Waals surface area (Å²) in [4.78, 5) is 13.5. The number of ether oxygens (including phenoxy) is 2. The Balaban J connectivity index is 1.86. The minimum Gasteiger partial charge on any atom is -0.345 e. The molecular weight excluding hydrogens is 267 g/mol. The summed E-state index contributed by atoms with van der Waals surface area (Å²) < 4.78 is 24.3. The molecule has 0 spiro atoms.